The molecule has 0 radical (unpaired) electrons. The number of aromatic nitrogens is 1. The first-order chi connectivity index (χ1) is 8.90. The summed E-state index contributed by atoms with van der Waals surface area (Å²) < 4.78 is 0. The molecule has 2 heteroatoms. The molecule has 0 amide bonds. The molecule has 1 aliphatic carbocycles. The van der Waals surface area contributed by atoms with E-state index in [-0.39, 0.29) is 0 Å². The first-order valence-corrected chi connectivity index (χ1v) is 7.53. The standard InChI is InChI=1S/C16H26N2/c1-2-10-18-16(15-9-6-11-17-13-15)12-14-7-4-3-5-8-14/h6,9,11,13-14,16,18H,2-5,7-8,10,12H2,1H3. The molecule has 2 rings (SSSR count). The molecule has 1 unspecified atom stereocenters. The second-order valence-corrected chi connectivity index (χ2v) is 5.53. The van der Waals surface area contributed by atoms with E-state index in [1.165, 1.54) is 50.5 Å². The molecule has 0 aliphatic heterocycles. The Morgan fingerprint density at radius 1 is 1.33 bits per heavy atom. The van der Waals surface area contributed by atoms with E-state index in [1.807, 2.05) is 12.4 Å². The van der Waals surface area contributed by atoms with Gasteiger partial charge in [0.2, 0.25) is 0 Å². The smallest absolute Gasteiger partial charge is 0.0338 e. The van der Waals surface area contributed by atoms with Crippen LogP contribution in [0.2, 0.25) is 0 Å². The van der Waals surface area contributed by atoms with Gasteiger partial charge in [0.05, 0.1) is 0 Å². The van der Waals surface area contributed by atoms with Gasteiger partial charge < -0.3 is 5.32 Å². The van der Waals surface area contributed by atoms with Crippen LogP contribution < -0.4 is 5.32 Å². The molecule has 1 aromatic rings. The van der Waals surface area contributed by atoms with Crippen LogP contribution in [0.5, 0.6) is 0 Å². The lowest BCUT2D eigenvalue weighted by atomic mass is 9.83. The zero-order chi connectivity index (χ0) is 12.6. The van der Waals surface area contributed by atoms with E-state index in [0.717, 1.165) is 12.5 Å². The average Bonchev–Trinajstić information content (AvgIpc) is 2.45. The zero-order valence-electron chi connectivity index (χ0n) is 11.6. The summed E-state index contributed by atoms with van der Waals surface area (Å²) in [5.41, 5.74) is 1.36. The number of nitrogens with zero attached hydrogens (tertiary/aromatic N) is 1. The molecule has 1 saturated carbocycles. The van der Waals surface area contributed by atoms with Crippen molar-refractivity contribution in [3.05, 3.63) is 30.1 Å². The van der Waals surface area contributed by atoms with Gasteiger partial charge in [0.1, 0.15) is 0 Å². The van der Waals surface area contributed by atoms with Crippen LogP contribution in [0.15, 0.2) is 24.5 Å². The fraction of sp³-hybridized carbons (Fsp3) is 0.688. The van der Waals surface area contributed by atoms with Gasteiger partial charge >= 0.3 is 0 Å². The van der Waals surface area contributed by atoms with Gasteiger partial charge in [-0.25, -0.2) is 0 Å². The molecular formula is C16H26N2. The van der Waals surface area contributed by atoms with Gasteiger partial charge in [-0.2, -0.15) is 0 Å². The Labute approximate surface area is 111 Å². The normalized spacial score (nSPS) is 18.7. The number of hydrogen-bond donors (Lipinski definition) is 1. The van der Waals surface area contributed by atoms with Crippen LogP contribution in [0.3, 0.4) is 0 Å². The highest BCUT2D eigenvalue weighted by Gasteiger charge is 2.19. The summed E-state index contributed by atoms with van der Waals surface area (Å²) in [5, 5.41) is 3.69. The Morgan fingerprint density at radius 3 is 2.83 bits per heavy atom. The van der Waals surface area contributed by atoms with E-state index in [2.05, 4.69) is 29.4 Å². The maximum atomic E-state index is 4.27. The SMILES string of the molecule is CCCNC(CC1CCCCC1)c1cccnc1. The Bertz CT molecular complexity index is 317. The molecule has 1 fully saturated rings. The summed E-state index contributed by atoms with van der Waals surface area (Å²) in [6.07, 6.45) is 13.5. The number of pyridine rings is 1. The average molecular weight is 246 g/mol. The maximum Gasteiger partial charge on any atom is 0.0338 e. The fourth-order valence-corrected chi connectivity index (χ4v) is 2.99. The molecule has 100 valence electrons. The highest BCUT2D eigenvalue weighted by molar-refractivity contribution is 5.14. The maximum absolute atomic E-state index is 4.27. The van der Waals surface area contributed by atoms with Crippen molar-refractivity contribution in [3.8, 4) is 0 Å². The Hall–Kier alpha value is -0.890. The summed E-state index contributed by atoms with van der Waals surface area (Å²) in [7, 11) is 0. The van der Waals surface area contributed by atoms with Gasteiger partial charge in [-0.1, -0.05) is 45.1 Å². The summed E-state index contributed by atoms with van der Waals surface area (Å²) in [4.78, 5) is 4.27. The molecule has 1 heterocycles. The highest BCUT2D eigenvalue weighted by atomic mass is 14.9. The quantitative estimate of drug-likeness (QED) is 0.817. The minimum absolute atomic E-state index is 0.502. The van der Waals surface area contributed by atoms with Crippen LogP contribution in [0, 0.1) is 5.92 Å². The monoisotopic (exact) mass is 246 g/mol. The molecule has 0 bridgehead atoms. The Kier molecular flexibility index (Phi) is 5.66. The topological polar surface area (TPSA) is 24.9 Å². The molecule has 1 aliphatic rings. The van der Waals surface area contributed by atoms with E-state index in [1.54, 1.807) is 0 Å². The zero-order valence-corrected chi connectivity index (χ0v) is 11.6. The number of hydrogen-bond acceptors (Lipinski definition) is 2. The van der Waals surface area contributed by atoms with Gasteiger partial charge in [-0.15, -0.1) is 0 Å². The van der Waals surface area contributed by atoms with Crippen LogP contribution in [-0.4, -0.2) is 11.5 Å². The third-order valence-electron chi connectivity index (χ3n) is 4.02. The summed E-state index contributed by atoms with van der Waals surface area (Å²) >= 11 is 0. The molecule has 1 N–H and O–H groups in total. The van der Waals surface area contributed by atoms with Crippen LogP contribution >= 0.6 is 0 Å². The lowest BCUT2D eigenvalue weighted by molar-refractivity contribution is 0.299. The van der Waals surface area contributed by atoms with E-state index >= 15 is 0 Å². The predicted molar refractivity (Wildman–Crippen MR) is 76.5 cm³/mol. The van der Waals surface area contributed by atoms with Crippen LogP contribution in [0.4, 0.5) is 0 Å². The molecule has 1 atom stereocenters. The number of rotatable bonds is 6. The molecule has 0 saturated heterocycles. The van der Waals surface area contributed by atoms with Crippen LogP contribution in [0.25, 0.3) is 0 Å². The van der Waals surface area contributed by atoms with Crippen molar-refractivity contribution in [2.75, 3.05) is 6.54 Å². The third kappa shape index (κ3) is 4.09. The molecular weight excluding hydrogens is 220 g/mol. The van der Waals surface area contributed by atoms with Crippen molar-refractivity contribution in [2.45, 2.75) is 57.9 Å². The lowest BCUT2D eigenvalue weighted by Gasteiger charge is -2.27. The Morgan fingerprint density at radius 2 is 2.17 bits per heavy atom. The second-order valence-electron chi connectivity index (χ2n) is 5.53. The molecule has 0 aromatic carbocycles. The van der Waals surface area contributed by atoms with Crippen LogP contribution in [0.1, 0.15) is 63.5 Å². The Balaban J connectivity index is 1.95. The molecule has 18 heavy (non-hydrogen) atoms. The van der Waals surface area contributed by atoms with Crippen molar-refractivity contribution < 1.29 is 0 Å². The minimum Gasteiger partial charge on any atom is -0.310 e. The van der Waals surface area contributed by atoms with E-state index in [0.29, 0.717) is 6.04 Å². The van der Waals surface area contributed by atoms with E-state index in [9.17, 15) is 0 Å². The number of nitrogens with one attached hydrogen (secondary N) is 1. The van der Waals surface area contributed by atoms with E-state index in [4.69, 9.17) is 0 Å². The summed E-state index contributed by atoms with van der Waals surface area (Å²) in [6, 6.07) is 4.77. The van der Waals surface area contributed by atoms with Gasteiger partial charge in [0.25, 0.3) is 0 Å². The summed E-state index contributed by atoms with van der Waals surface area (Å²) in [5.74, 6) is 0.910. The van der Waals surface area contributed by atoms with Crippen molar-refractivity contribution in [1.82, 2.24) is 10.3 Å². The van der Waals surface area contributed by atoms with Gasteiger partial charge in [0.15, 0.2) is 0 Å². The van der Waals surface area contributed by atoms with Crippen molar-refractivity contribution in [3.63, 3.8) is 0 Å². The van der Waals surface area contributed by atoms with Crippen molar-refractivity contribution in [2.24, 2.45) is 5.92 Å². The van der Waals surface area contributed by atoms with Gasteiger partial charge in [0, 0.05) is 18.4 Å². The first kappa shape index (κ1) is 13.5. The van der Waals surface area contributed by atoms with Crippen molar-refractivity contribution >= 4 is 0 Å². The second kappa shape index (κ2) is 7.52. The highest BCUT2D eigenvalue weighted by Crippen LogP contribution is 2.31. The largest absolute Gasteiger partial charge is 0.310 e. The molecule has 2 nitrogen and oxygen atoms in total. The van der Waals surface area contributed by atoms with E-state index < -0.39 is 0 Å². The predicted octanol–water partition coefficient (Wildman–Crippen LogP) is 4.09. The minimum atomic E-state index is 0.502. The van der Waals surface area contributed by atoms with Crippen molar-refractivity contribution in [1.29, 1.82) is 0 Å². The fourth-order valence-electron chi connectivity index (χ4n) is 2.99. The van der Waals surface area contributed by atoms with Crippen LogP contribution in [-0.2, 0) is 0 Å². The summed E-state index contributed by atoms with van der Waals surface area (Å²) in [6.45, 7) is 3.33. The molecule has 1 aromatic heterocycles. The first-order valence-electron chi connectivity index (χ1n) is 7.53. The van der Waals surface area contributed by atoms with Gasteiger partial charge in [-0.3, -0.25) is 4.98 Å². The van der Waals surface area contributed by atoms with Gasteiger partial charge in [-0.05, 0) is 36.9 Å². The lowest BCUT2D eigenvalue weighted by Crippen LogP contribution is -2.25. The molecule has 0 spiro atoms. The third-order valence-corrected chi connectivity index (χ3v) is 4.02.